The van der Waals surface area contributed by atoms with Gasteiger partial charge in [0.25, 0.3) is 0 Å². The fraction of sp³-hybridized carbons (Fsp3) is 0.875. The van der Waals surface area contributed by atoms with Gasteiger partial charge in [0.1, 0.15) is 6.61 Å². The average molecular weight is 206 g/mol. The summed E-state index contributed by atoms with van der Waals surface area (Å²) in [6.07, 6.45) is 1.39. The summed E-state index contributed by atoms with van der Waals surface area (Å²) in [7, 11) is 1.57. The van der Waals surface area contributed by atoms with Crippen molar-refractivity contribution in [2.75, 3.05) is 26.1 Å². The van der Waals surface area contributed by atoms with Gasteiger partial charge in [0.15, 0.2) is 6.10 Å². The second kappa shape index (κ2) is 6.23. The molecule has 1 unspecified atom stereocenters. The van der Waals surface area contributed by atoms with E-state index in [9.17, 15) is 4.79 Å². The van der Waals surface area contributed by atoms with Crippen LogP contribution in [0.3, 0.4) is 0 Å². The van der Waals surface area contributed by atoms with Crippen LogP contribution in [-0.2, 0) is 18.5 Å². The molecule has 0 N–H and O–H groups in total. The van der Waals surface area contributed by atoms with Crippen LogP contribution in [0.1, 0.15) is 12.8 Å². The summed E-state index contributed by atoms with van der Waals surface area (Å²) < 4.78 is 14.8. The van der Waals surface area contributed by atoms with Crippen LogP contribution < -0.4 is 0 Å². The van der Waals surface area contributed by atoms with E-state index < -0.39 is 0 Å². The largest absolute Gasteiger partial charge is 0.461 e. The molecule has 0 spiro atoms. The number of hydrogen-bond acceptors (Lipinski definition) is 5. The van der Waals surface area contributed by atoms with Crippen molar-refractivity contribution < 1.29 is 18.5 Å². The molecule has 0 radical (unpaired) electrons. The number of hydrogen-bond donors (Lipinski definition) is 0. The third-order valence-electron chi connectivity index (χ3n) is 1.67. The highest BCUT2D eigenvalue weighted by atomic mass is 32.2. The quantitative estimate of drug-likeness (QED) is 0.390. The predicted molar refractivity (Wildman–Crippen MR) is 49.4 cm³/mol. The van der Waals surface area contributed by atoms with Crippen molar-refractivity contribution >= 4 is 18.0 Å². The van der Waals surface area contributed by atoms with E-state index in [2.05, 4.69) is 0 Å². The lowest BCUT2D eigenvalue weighted by Gasteiger charge is -2.19. The maximum absolute atomic E-state index is 11.3. The molecule has 1 aliphatic rings. The van der Waals surface area contributed by atoms with E-state index in [0.29, 0.717) is 13.2 Å². The van der Waals surface area contributed by atoms with Crippen LogP contribution in [0.15, 0.2) is 0 Å². The van der Waals surface area contributed by atoms with Gasteiger partial charge in [-0.3, -0.25) is 0 Å². The first-order valence-electron chi connectivity index (χ1n) is 4.28. The van der Waals surface area contributed by atoms with Crippen molar-refractivity contribution in [1.82, 2.24) is 0 Å². The summed E-state index contributed by atoms with van der Waals surface area (Å²) in [6, 6.07) is 0. The van der Waals surface area contributed by atoms with Gasteiger partial charge in [-0.05, 0) is 24.9 Å². The van der Waals surface area contributed by atoms with Gasteiger partial charge in [0.2, 0.25) is 0 Å². The lowest BCUT2D eigenvalue weighted by atomic mass is 10.2. The lowest BCUT2D eigenvalue weighted by molar-refractivity contribution is -0.153. The molecule has 5 heteroatoms. The molecule has 4 nitrogen and oxygen atoms in total. The van der Waals surface area contributed by atoms with Crippen molar-refractivity contribution in [3.63, 3.8) is 0 Å². The number of carbonyl (C=O) groups is 1. The van der Waals surface area contributed by atoms with Gasteiger partial charge in [-0.2, -0.15) is 0 Å². The van der Waals surface area contributed by atoms with Gasteiger partial charge < -0.3 is 13.7 Å². The predicted octanol–water partition coefficient (Wildman–Crippen LogP) is 1.00. The highest BCUT2D eigenvalue weighted by Crippen LogP contribution is 2.21. The Kier molecular flexibility index (Phi) is 5.19. The molecule has 1 heterocycles. The van der Waals surface area contributed by atoms with Crippen molar-refractivity contribution in [3.05, 3.63) is 0 Å². The Morgan fingerprint density at radius 2 is 2.46 bits per heavy atom. The number of carbonyl (C=O) groups excluding carboxylic acids is 1. The van der Waals surface area contributed by atoms with Crippen LogP contribution in [0, 0.1) is 0 Å². The van der Waals surface area contributed by atoms with Crippen LogP contribution in [0.5, 0.6) is 0 Å². The van der Waals surface area contributed by atoms with Crippen molar-refractivity contribution in [2.45, 2.75) is 18.9 Å². The van der Waals surface area contributed by atoms with Crippen LogP contribution >= 0.6 is 12.0 Å². The monoisotopic (exact) mass is 206 g/mol. The smallest absolute Gasteiger partial charge is 0.336 e. The molecule has 1 fully saturated rings. The summed E-state index contributed by atoms with van der Waals surface area (Å²) in [5, 5.41) is 0. The summed E-state index contributed by atoms with van der Waals surface area (Å²) in [6.45, 7) is 0.742. The minimum Gasteiger partial charge on any atom is -0.461 e. The third kappa shape index (κ3) is 3.97. The molecule has 1 atom stereocenters. The van der Waals surface area contributed by atoms with Gasteiger partial charge in [-0.25, -0.2) is 4.79 Å². The normalized spacial score (nSPS) is 22.7. The zero-order chi connectivity index (χ0) is 9.52. The highest BCUT2D eigenvalue weighted by Gasteiger charge is 2.23. The molecular weight excluding hydrogens is 192 g/mol. The molecule has 13 heavy (non-hydrogen) atoms. The van der Waals surface area contributed by atoms with Gasteiger partial charge in [-0.1, -0.05) is 0 Å². The number of esters is 1. The number of methoxy groups -OCH3 is 1. The van der Waals surface area contributed by atoms with Crippen molar-refractivity contribution in [1.29, 1.82) is 0 Å². The van der Waals surface area contributed by atoms with E-state index in [-0.39, 0.29) is 12.1 Å². The Morgan fingerprint density at radius 1 is 1.62 bits per heavy atom. The zero-order valence-corrected chi connectivity index (χ0v) is 8.47. The minimum absolute atomic E-state index is 0.274. The SMILES string of the molecule is COCCOC(=O)C1CCCSO1. The van der Waals surface area contributed by atoms with Crippen LogP contribution in [-0.4, -0.2) is 38.1 Å². The first kappa shape index (κ1) is 10.8. The Labute approximate surface area is 82.1 Å². The van der Waals surface area contributed by atoms with E-state index in [1.54, 1.807) is 7.11 Å². The summed E-state index contributed by atoms with van der Waals surface area (Å²) in [5.74, 6) is 0.686. The second-order valence-corrected chi connectivity index (χ2v) is 3.55. The Morgan fingerprint density at radius 3 is 3.08 bits per heavy atom. The van der Waals surface area contributed by atoms with E-state index in [4.69, 9.17) is 13.7 Å². The first-order chi connectivity index (χ1) is 6.34. The molecule has 0 aromatic rings. The van der Waals surface area contributed by atoms with Crippen LogP contribution in [0.4, 0.5) is 0 Å². The topological polar surface area (TPSA) is 44.8 Å². The average Bonchev–Trinajstić information content (AvgIpc) is 2.19. The second-order valence-electron chi connectivity index (χ2n) is 2.71. The lowest BCUT2D eigenvalue weighted by Crippen LogP contribution is -2.28. The van der Waals surface area contributed by atoms with Crippen LogP contribution in [0.2, 0.25) is 0 Å². The molecule has 0 aromatic heterocycles. The third-order valence-corrected chi connectivity index (χ3v) is 2.50. The summed E-state index contributed by atoms with van der Waals surface area (Å²) in [4.78, 5) is 11.3. The van der Waals surface area contributed by atoms with Crippen molar-refractivity contribution in [3.8, 4) is 0 Å². The Balaban J connectivity index is 2.13. The molecule has 0 aliphatic carbocycles. The Bertz CT molecular complexity index is 156. The fourth-order valence-electron chi connectivity index (χ4n) is 0.982. The molecular formula is C8H14O4S. The van der Waals surface area contributed by atoms with E-state index in [1.165, 1.54) is 12.0 Å². The van der Waals surface area contributed by atoms with E-state index in [1.807, 2.05) is 0 Å². The first-order valence-corrected chi connectivity index (χ1v) is 5.19. The molecule has 0 bridgehead atoms. The van der Waals surface area contributed by atoms with E-state index in [0.717, 1.165) is 18.6 Å². The maximum Gasteiger partial charge on any atom is 0.336 e. The Hall–Kier alpha value is -0.260. The summed E-state index contributed by atoms with van der Waals surface area (Å²) >= 11 is 1.34. The van der Waals surface area contributed by atoms with Gasteiger partial charge in [0.05, 0.1) is 6.61 Å². The van der Waals surface area contributed by atoms with E-state index >= 15 is 0 Å². The number of ether oxygens (including phenoxy) is 2. The van der Waals surface area contributed by atoms with Gasteiger partial charge >= 0.3 is 5.97 Å². The fourth-order valence-corrected chi connectivity index (χ4v) is 1.70. The maximum atomic E-state index is 11.3. The molecule has 0 saturated carbocycles. The molecule has 1 rings (SSSR count). The standard InChI is InChI=1S/C8H14O4S/c1-10-4-5-11-8(9)7-3-2-6-13-12-7/h7H,2-6H2,1H3. The summed E-state index contributed by atoms with van der Waals surface area (Å²) in [5.41, 5.74) is 0. The minimum atomic E-state index is -0.379. The highest BCUT2D eigenvalue weighted by molar-refractivity contribution is 7.94. The molecule has 0 amide bonds. The molecule has 1 aliphatic heterocycles. The molecule has 76 valence electrons. The molecule has 1 saturated heterocycles. The zero-order valence-electron chi connectivity index (χ0n) is 7.65. The van der Waals surface area contributed by atoms with Gasteiger partial charge in [0, 0.05) is 12.9 Å². The van der Waals surface area contributed by atoms with Crippen LogP contribution in [0.25, 0.3) is 0 Å². The van der Waals surface area contributed by atoms with Crippen molar-refractivity contribution in [2.24, 2.45) is 0 Å². The number of rotatable bonds is 4. The van der Waals surface area contributed by atoms with Gasteiger partial charge in [-0.15, -0.1) is 0 Å². The molecule has 0 aromatic carbocycles.